The number of hydrogen-bond donors (Lipinski definition) is 1. The van der Waals surface area contributed by atoms with E-state index in [0.717, 1.165) is 11.6 Å². The SMILES string of the molecule is CN(C)NCc1nc(C(C)(C)C)cs1. The fourth-order valence-electron chi connectivity index (χ4n) is 0.962. The molecule has 0 spiro atoms. The van der Waals surface area contributed by atoms with Gasteiger partial charge >= 0.3 is 0 Å². The maximum absolute atomic E-state index is 4.58. The van der Waals surface area contributed by atoms with Crippen molar-refractivity contribution >= 4 is 11.3 Å². The quantitative estimate of drug-likeness (QED) is 0.779. The fraction of sp³-hybridized carbons (Fsp3) is 0.700. The number of aromatic nitrogens is 1. The van der Waals surface area contributed by atoms with E-state index in [2.05, 4.69) is 36.6 Å². The third-order valence-electron chi connectivity index (χ3n) is 1.87. The Morgan fingerprint density at radius 2 is 2.07 bits per heavy atom. The van der Waals surface area contributed by atoms with Crippen LogP contribution in [0.4, 0.5) is 0 Å². The van der Waals surface area contributed by atoms with Crippen molar-refractivity contribution in [1.82, 2.24) is 15.4 Å². The predicted octanol–water partition coefficient (Wildman–Crippen LogP) is 2.01. The highest BCUT2D eigenvalue weighted by atomic mass is 32.1. The molecule has 80 valence electrons. The summed E-state index contributed by atoms with van der Waals surface area (Å²) in [6.45, 7) is 7.37. The Labute approximate surface area is 90.1 Å². The molecule has 0 aliphatic heterocycles. The van der Waals surface area contributed by atoms with Gasteiger partial charge in [0.05, 0.1) is 12.2 Å². The van der Waals surface area contributed by atoms with Crippen LogP contribution in [-0.4, -0.2) is 24.1 Å². The van der Waals surface area contributed by atoms with Gasteiger partial charge in [0.15, 0.2) is 0 Å². The maximum Gasteiger partial charge on any atom is 0.108 e. The largest absolute Gasteiger partial charge is 0.250 e. The number of rotatable bonds is 3. The van der Waals surface area contributed by atoms with Gasteiger partial charge in [-0.15, -0.1) is 11.3 Å². The van der Waals surface area contributed by atoms with Crippen molar-refractivity contribution in [2.75, 3.05) is 14.1 Å². The van der Waals surface area contributed by atoms with Crippen molar-refractivity contribution in [2.24, 2.45) is 0 Å². The molecular formula is C10H19N3S. The number of nitrogens with zero attached hydrogens (tertiary/aromatic N) is 2. The lowest BCUT2D eigenvalue weighted by Crippen LogP contribution is -2.29. The highest BCUT2D eigenvalue weighted by Crippen LogP contribution is 2.23. The van der Waals surface area contributed by atoms with Crippen LogP contribution >= 0.6 is 11.3 Å². The Morgan fingerprint density at radius 1 is 1.43 bits per heavy atom. The van der Waals surface area contributed by atoms with Crippen LogP contribution in [0.2, 0.25) is 0 Å². The molecule has 0 unspecified atom stereocenters. The highest BCUT2D eigenvalue weighted by Gasteiger charge is 2.17. The second kappa shape index (κ2) is 4.38. The Hall–Kier alpha value is -0.450. The van der Waals surface area contributed by atoms with Crippen molar-refractivity contribution in [3.63, 3.8) is 0 Å². The zero-order valence-electron chi connectivity index (χ0n) is 9.59. The normalized spacial score (nSPS) is 12.4. The van der Waals surface area contributed by atoms with Crippen molar-refractivity contribution in [1.29, 1.82) is 0 Å². The summed E-state index contributed by atoms with van der Waals surface area (Å²) in [5.74, 6) is 0. The van der Waals surface area contributed by atoms with Crippen molar-refractivity contribution in [2.45, 2.75) is 32.7 Å². The zero-order chi connectivity index (χ0) is 10.8. The molecular weight excluding hydrogens is 194 g/mol. The highest BCUT2D eigenvalue weighted by molar-refractivity contribution is 7.09. The molecule has 0 aromatic carbocycles. The molecule has 4 heteroatoms. The predicted molar refractivity (Wildman–Crippen MR) is 61.3 cm³/mol. The van der Waals surface area contributed by atoms with Gasteiger partial charge in [0.2, 0.25) is 0 Å². The summed E-state index contributed by atoms with van der Waals surface area (Å²) in [4.78, 5) is 4.58. The molecule has 0 saturated carbocycles. The first-order chi connectivity index (χ1) is 6.39. The van der Waals surface area contributed by atoms with E-state index in [1.54, 1.807) is 11.3 Å². The van der Waals surface area contributed by atoms with E-state index in [9.17, 15) is 0 Å². The second-order valence-corrected chi connectivity index (χ2v) is 5.55. The van der Waals surface area contributed by atoms with Gasteiger partial charge in [0.25, 0.3) is 0 Å². The molecule has 0 aliphatic rings. The van der Waals surface area contributed by atoms with Crippen LogP contribution < -0.4 is 5.43 Å². The molecule has 0 bridgehead atoms. The van der Waals surface area contributed by atoms with E-state index >= 15 is 0 Å². The van der Waals surface area contributed by atoms with E-state index in [1.165, 1.54) is 5.69 Å². The second-order valence-electron chi connectivity index (χ2n) is 4.61. The molecule has 0 radical (unpaired) electrons. The van der Waals surface area contributed by atoms with E-state index in [0.29, 0.717) is 0 Å². The van der Waals surface area contributed by atoms with Gasteiger partial charge in [-0.1, -0.05) is 20.8 Å². The first-order valence-electron chi connectivity index (χ1n) is 4.75. The summed E-state index contributed by atoms with van der Waals surface area (Å²) in [6, 6.07) is 0. The van der Waals surface area contributed by atoms with Crippen LogP contribution in [0.25, 0.3) is 0 Å². The van der Waals surface area contributed by atoms with Gasteiger partial charge in [0.1, 0.15) is 5.01 Å². The molecule has 0 aliphatic carbocycles. The summed E-state index contributed by atoms with van der Waals surface area (Å²) >= 11 is 1.72. The molecule has 0 saturated heterocycles. The number of hydrogen-bond acceptors (Lipinski definition) is 4. The molecule has 0 amide bonds. The Morgan fingerprint density at radius 3 is 2.50 bits per heavy atom. The Kier molecular flexibility index (Phi) is 3.64. The number of hydrazine groups is 1. The molecule has 14 heavy (non-hydrogen) atoms. The van der Waals surface area contributed by atoms with E-state index in [4.69, 9.17) is 0 Å². The number of nitrogens with one attached hydrogen (secondary N) is 1. The van der Waals surface area contributed by atoms with Crippen LogP contribution in [0.3, 0.4) is 0 Å². The molecule has 0 fully saturated rings. The summed E-state index contributed by atoms with van der Waals surface area (Å²) < 4.78 is 0. The van der Waals surface area contributed by atoms with Gasteiger partial charge < -0.3 is 0 Å². The lowest BCUT2D eigenvalue weighted by atomic mass is 9.93. The minimum atomic E-state index is 0.160. The maximum atomic E-state index is 4.58. The minimum Gasteiger partial charge on any atom is -0.250 e. The minimum absolute atomic E-state index is 0.160. The van der Waals surface area contributed by atoms with Gasteiger partial charge in [-0.2, -0.15) is 0 Å². The van der Waals surface area contributed by atoms with Gasteiger partial charge in [-0.05, 0) is 0 Å². The van der Waals surface area contributed by atoms with Crippen LogP contribution in [-0.2, 0) is 12.0 Å². The Balaban J connectivity index is 2.60. The molecule has 1 rings (SSSR count). The molecule has 0 atom stereocenters. The van der Waals surface area contributed by atoms with Gasteiger partial charge in [-0.25, -0.2) is 10.4 Å². The molecule has 1 aromatic heterocycles. The van der Waals surface area contributed by atoms with Crippen LogP contribution in [0.5, 0.6) is 0 Å². The monoisotopic (exact) mass is 213 g/mol. The molecule has 1 aromatic rings. The van der Waals surface area contributed by atoms with Crippen LogP contribution in [0.1, 0.15) is 31.5 Å². The van der Waals surface area contributed by atoms with E-state index in [1.807, 2.05) is 19.1 Å². The van der Waals surface area contributed by atoms with Crippen molar-refractivity contribution < 1.29 is 0 Å². The fourth-order valence-corrected chi connectivity index (χ4v) is 1.92. The van der Waals surface area contributed by atoms with E-state index in [-0.39, 0.29) is 5.41 Å². The van der Waals surface area contributed by atoms with Crippen LogP contribution in [0.15, 0.2) is 5.38 Å². The Bertz CT molecular complexity index is 286. The van der Waals surface area contributed by atoms with Gasteiger partial charge in [0, 0.05) is 24.9 Å². The third kappa shape index (κ3) is 3.36. The molecule has 1 heterocycles. The average Bonchev–Trinajstić information content (AvgIpc) is 2.47. The lowest BCUT2D eigenvalue weighted by molar-refractivity contribution is 0.285. The third-order valence-corrected chi connectivity index (χ3v) is 2.72. The van der Waals surface area contributed by atoms with Crippen molar-refractivity contribution in [3.05, 3.63) is 16.1 Å². The summed E-state index contributed by atoms with van der Waals surface area (Å²) in [6.07, 6.45) is 0. The lowest BCUT2D eigenvalue weighted by Gasteiger charge is -2.14. The zero-order valence-corrected chi connectivity index (χ0v) is 10.4. The van der Waals surface area contributed by atoms with Crippen molar-refractivity contribution in [3.8, 4) is 0 Å². The first kappa shape index (κ1) is 11.6. The van der Waals surface area contributed by atoms with Gasteiger partial charge in [-0.3, -0.25) is 5.01 Å². The molecule has 3 nitrogen and oxygen atoms in total. The summed E-state index contributed by atoms with van der Waals surface area (Å²) in [7, 11) is 3.97. The average molecular weight is 213 g/mol. The standard InChI is InChI=1S/C10H19N3S/c1-10(2,3)8-7-14-9(12-8)6-11-13(4)5/h7,11H,6H2,1-5H3. The first-order valence-corrected chi connectivity index (χ1v) is 5.63. The summed E-state index contributed by atoms with van der Waals surface area (Å²) in [5.41, 5.74) is 4.55. The van der Waals surface area contributed by atoms with E-state index < -0.39 is 0 Å². The van der Waals surface area contributed by atoms with Crippen LogP contribution in [0, 0.1) is 0 Å². The molecule has 1 N–H and O–H groups in total. The summed E-state index contributed by atoms with van der Waals surface area (Å²) in [5, 5.41) is 5.23. The smallest absolute Gasteiger partial charge is 0.108 e. The number of thiazole rings is 1. The topological polar surface area (TPSA) is 28.2 Å².